The predicted octanol–water partition coefficient (Wildman–Crippen LogP) is 11.7. The van der Waals surface area contributed by atoms with E-state index in [1.165, 1.54) is 25.7 Å². The van der Waals surface area contributed by atoms with E-state index in [2.05, 4.69) is 115 Å². The van der Waals surface area contributed by atoms with Gasteiger partial charge in [0, 0.05) is 48.2 Å². The number of nitrogens with one attached hydrogen (secondary N) is 1. The highest BCUT2D eigenvalue weighted by atomic mass is 32.1. The Balaban J connectivity index is 1.32. The smallest absolute Gasteiger partial charge is 0.0998 e. The summed E-state index contributed by atoms with van der Waals surface area (Å²) in [6, 6.07) is 56.5. The van der Waals surface area contributed by atoms with Crippen LogP contribution in [0.2, 0.25) is 0 Å². The van der Waals surface area contributed by atoms with Crippen molar-refractivity contribution in [3.8, 4) is 50.8 Å². The van der Waals surface area contributed by atoms with E-state index in [1.807, 2.05) is 65.9 Å². The van der Waals surface area contributed by atoms with Gasteiger partial charge in [-0.1, -0.05) is 109 Å². The molecular formula is C42H27N3S. The van der Waals surface area contributed by atoms with E-state index in [4.69, 9.17) is 4.98 Å². The number of fused-ring (bicyclic) bond motifs is 3. The third kappa shape index (κ3) is 5.09. The second-order valence-electron chi connectivity index (χ2n) is 11.2. The normalized spacial score (nSPS) is 11.0. The van der Waals surface area contributed by atoms with Crippen LogP contribution < -0.4 is 5.32 Å². The van der Waals surface area contributed by atoms with Crippen molar-refractivity contribution in [1.82, 2.24) is 4.98 Å². The van der Waals surface area contributed by atoms with Gasteiger partial charge in [-0.3, -0.25) is 0 Å². The van der Waals surface area contributed by atoms with Crippen LogP contribution in [0.25, 0.3) is 64.9 Å². The first kappa shape index (κ1) is 27.5. The van der Waals surface area contributed by atoms with Gasteiger partial charge >= 0.3 is 0 Å². The van der Waals surface area contributed by atoms with Gasteiger partial charge in [0.15, 0.2) is 0 Å². The van der Waals surface area contributed by atoms with Crippen molar-refractivity contribution in [3.63, 3.8) is 0 Å². The molecule has 0 aliphatic rings. The number of hydrogen-bond donors (Lipinski definition) is 1. The highest BCUT2D eigenvalue weighted by Gasteiger charge is 2.17. The number of thiophene rings is 1. The zero-order valence-electron chi connectivity index (χ0n) is 24.8. The Bertz CT molecular complexity index is 2400. The minimum Gasteiger partial charge on any atom is -0.355 e. The van der Waals surface area contributed by atoms with Gasteiger partial charge in [0.25, 0.3) is 0 Å². The molecule has 6 aromatic carbocycles. The molecule has 8 rings (SSSR count). The van der Waals surface area contributed by atoms with Crippen LogP contribution in [0.15, 0.2) is 158 Å². The molecule has 0 amide bonds. The van der Waals surface area contributed by atoms with Gasteiger partial charge in [0.1, 0.15) is 0 Å². The van der Waals surface area contributed by atoms with Gasteiger partial charge in [0.2, 0.25) is 0 Å². The number of nitriles is 1. The summed E-state index contributed by atoms with van der Waals surface area (Å²) in [4.78, 5) is 5.08. The van der Waals surface area contributed by atoms with E-state index in [-0.39, 0.29) is 0 Å². The first-order valence-corrected chi connectivity index (χ1v) is 16.0. The van der Waals surface area contributed by atoms with Crippen LogP contribution in [0, 0.1) is 11.3 Å². The Labute approximate surface area is 271 Å². The van der Waals surface area contributed by atoms with Gasteiger partial charge in [0.05, 0.1) is 23.0 Å². The number of benzene rings is 6. The fourth-order valence-corrected chi connectivity index (χ4v) is 7.41. The number of hydrogen-bond acceptors (Lipinski definition) is 4. The molecule has 0 radical (unpaired) electrons. The van der Waals surface area contributed by atoms with E-state index in [1.54, 1.807) is 0 Å². The summed E-state index contributed by atoms with van der Waals surface area (Å²) >= 11 is 1.83. The number of anilines is 2. The Kier molecular flexibility index (Phi) is 7.07. The zero-order chi connectivity index (χ0) is 30.9. The van der Waals surface area contributed by atoms with Crippen molar-refractivity contribution >= 4 is 42.9 Å². The van der Waals surface area contributed by atoms with Crippen LogP contribution in [0.4, 0.5) is 11.4 Å². The van der Waals surface area contributed by atoms with E-state index >= 15 is 0 Å². The molecule has 8 aromatic rings. The van der Waals surface area contributed by atoms with Gasteiger partial charge < -0.3 is 5.32 Å². The summed E-state index contributed by atoms with van der Waals surface area (Å²) in [7, 11) is 0. The molecule has 46 heavy (non-hydrogen) atoms. The van der Waals surface area contributed by atoms with Gasteiger partial charge in [-0.2, -0.15) is 5.26 Å². The van der Waals surface area contributed by atoms with Crippen LogP contribution in [0.1, 0.15) is 5.56 Å². The average molecular weight is 606 g/mol. The van der Waals surface area contributed by atoms with Crippen molar-refractivity contribution in [2.24, 2.45) is 0 Å². The molecular weight excluding hydrogens is 579 g/mol. The second kappa shape index (κ2) is 11.8. The standard InChI is InChI=1S/C42H27N3S/c43-27-30-16-7-8-17-34(30)31-24-32(38-20-11-19-37(45-38)28-12-3-1-4-13-28)26-33(25-31)44-39-23-22-36-35-18-9-10-21-40(35)46-42(36)41(39)29-14-5-2-6-15-29/h1-26,44H. The summed E-state index contributed by atoms with van der Waals surface area (Å²) in [5.41, 5.74) is 10.6. The van der Waals surface area contributed by atoms with Gasteiger partial charge in [-0.25, -0.2) is 4.98 Å². The maximum absolute atomic E-state index is 9.98. The first-order valence-electron chi connectivity index (χ1n) is 15.2. The number of nitrogens with zero attached hydrogens (tertiary/aromatic N) is 2. The van der Waals surface area contributed by atoms with Crippen molar-refractivity contribution in [2.45, 2.75) is 0 Å². The largest absolute Gasteiger partial charge is 0.355 e. The lowest BCUT2D eigenvalue weighted by atomic mass is 9.96. The van der Waals surface area contributed by atoms with E-state index in [0.717, 1.165) is 50.6 Å². The lowest BCUT2D eigenvalue weighted by Crippen LogP contribution is -1.96. The Morgan fingerprint density at radius 3 is 2.02 bits per heavy atom. The Morgan fingerprint density at radius 2 is 1.22 bits per heavy atom. The summed E-state index contributed by atoms with van der Waals surface area (Å²) in [5, 5.41) is 16.3. The predicted molar refractivity (Wildman–Crippen MR) is 193 cm³/mol. The monoisotopic (exact) mass is 605 g/mol. The Hall–Kier alpha value is -6.02. The molecule has 2 aromatic heterocycles. The average Bonchev–Trinajstić information content (AvgIpc) is 3.51. The molecule has 0 unspecified atom stereocenters. The fraction of sp³-hybridized carbons (Fsp3) is 0. The highest BCUT2D eigenvalue weighted by molar-refractivity contribution is 7.26. The van der Waals surface area contributed by atoms with Crippen LogP contribution in [0.3, 0.4) is 0 Å². The van der Waals surface area contributed by atoms with Crippen molar-refractivity contribution < 1.29 is 0 Å². The summed E-state index contributed by atoms with van der Waals surface area (Å²) in [5.74, 6) is 0. The zero-order valence-corrected chi connectivity index (χ0v) is 25.6. The van der Waals surface area contributed by atoms with E-state index in [9.17, 15) is 5.26 Å². The molecule has 1 N–H and O–H groups in total. The maximum atomic E-state index is 9.98. The van der Waals surface area contributed by atoms with Gasteiger partial charge in [-0.05, 0) is 65.2 Å². The quantitative estimate of drug-likeness (QED) is 0.205. The second-order valence-corrected chi connectivity index (χ2v) is 12.2. The molecule has 216 valence electrons. The van der Waals surface area contributed by atoms with Crippen molar-refractivity contribution in [2.75, 3.05) is 5.32 Å². The van der Waals surface area contributed by atoms with Crippen LogP contribution in [0.5, 0.6) is 0 Å². The van der Waals surface area contributed by atoms with Gasteiger partial charge in [-0.15, -0.1) is 11.3 Å². The topological polar surface area (TPSA) is 48.7 Å². The lowest BCUT2D eigenvalue weighted by Gasteiger charge is -2.17. The summed E-state index contributed by atoms with van der Waals surface area (Å²) in [6.07, 6.45) is 0. The fourth-order valence-electron chi connectivity index (χ4n) is 6.14. The minimum absolute atomic E-state index is 0.633. The third-order valence-corrected chi connectivity index (χ3v) is 9.50. The van der Waals surface area contributed by atoms with Crippen LogP contribution in [-0.4, -0.2) is 4.98 Å². The molecule has 3 nitrogen and oxygen atoms in total. The molecule has 0 spiro atoms. The number of rotatable bonds is 6. The SMILES string of the molecule is N#Cc1ccccc1-c1cc(Nc2ccc3c(sc4ccccc43)c2-c2ccccc2)cc(-c2cccc(-c3ccccc3)n2)c1. The third-order valence-electron chi connectivity index (χ3n) is 8.29. The van der Waals surface area contributed by atoms with E-state index < -0.39 is 0 Å². The highest BCUT2D eigenvalue weighted by Crippen LogP contribution is 2.45. The minimum atomic E-state index is 0.633. The number of aromatic nitrogens is 1. The molecule has 0 atom stereocenters. The molecule has 0 bridgehead atoms. The molecule has 0 saturated carbocycles. The number of pyridine rings is 1. The molecule has 0 fully saturated rings. The lowest BCUT2D eigenvalue weighted by molar-refractivity contribution is 1.32. The molecule has 4 heteroatoms. The maximum Gasteiger partial charge on any atom is 0.0998 e. The summed E-state index contributed by atoms with van der Waals surface area (Å²) < 4.78 is 2.52. The van der Waals surface area contributed by atoms with Crippen LogP contribution >= 0.6 is 11.3 Å². The molecule has 0 aliphatic heterocycles. The summed E-state index contributed by atoms with van der Waals surface area (Å²) in [6.45, 7) is 0. The molecule has 0 saturated heterocycles. The van der Waals surface area contributed by atoms with Crippen molar-refractivity contribution in [1.29, 1.82) is 5.26 Å². The first-order chi connectivity index (χ1) is 22.7. The van der Waals surface area contributed by atoms with Crippen molar-refractivity contribution in [3.05, 3.63) is 163 Å². The van der Waals surface area contributed by atoms with Crippen LogP contribution in [-0.2, 0) is 0 Å². The molecule has 2 heterocycles. The Morgan fingerprint density at radius 1 is 0.543 bits per heavy atom. The van der Waals surface area contributed by atoms with E-state index in [0.29, 0.717) is 5.56 Å². The molecule has 0 aliphatic carbocycles.